The van der Waals surface area contributed by atoms with Crippen molar-refractivity contribution in [1.29, 1.82) is 5.26 Å². The highest BCUT2D eigenvalue weighted by Gasteiger charge is 2.71. The highest BCUT2D eigenvalue weighted by Crippen LogP contribution is 2.62. The zero-order valence-corrected chi connectivity index (χ0v) is 13.7. The molecule has 0 spiro atoms. The number of hydrogen-bond donors (Lipinski definition) is 0. The van der Waals surface area contributed by atoms with E-state index in [9.17, 15) is 13.7 Å². The summed E-state index contributed by atoms with van der Waals surface area (Å²) in [4.78, 5) is 0. The fourth-order valence-electron chi connectivity index (χ4n) is 2.78. The molecule has 0 amide bonds. The van der Waals surface area contributed by atoms with Gasteiger partial charge in [-0.15, -0.1) is 0 Å². The van der Waals surface area contributed by atoms with E-state index in [4.69, 9.17) is 4.74 Å². The third-order valence-electron chi connectivity index (χ3n) is 3.70. The first-order valence-electron chi connectivity index (χ1n) is 6.30. The summed E-state index contributed by atoms with van der Waals surface area (Å²) in [6, 6.07) is 9.62. The van der Waals surface area contributed by atoms with Gasteiger partial charge in [0.1, 0.15) is 5.41 Å². The Morgan fingerprint density at radius 1 is 1.40 bits per heavy atom. The Hall–Kier alpha value is -0.900. The molecule has 108 valence electrons. The first-order chi connectivity index (χ1) is 9.36. The van der Waals surface area contributed by atoms with Crippen molar-refractivity contribution in [1.82, 2.24) is 0 Å². The Balaban J connectivity index is 2.40. The predicted octanol–water partition coefficient (Wildman–Crippen LogP) is 2.51. The van der Waals surface area contributed by atoms with Gasteiger partial charge in [0.25, 0.3) is 0 Å². The van der Waals surface area contributed by atoms with E-state index in [1.807, 2.05) is 31.2 Å². The summed E-state index contributed by atoms with van der Waals surface area (Å²) in [7, 11) is -3.30. The number of rotatable bonds is 5. The van der Waals surface area contributed by atoms with Gasteiger partial charge in [0.2, 0.25) is 0 Å². The van der Waals surface area contributed by atoms with Crippen LogP contribution < -0.4 is 0 Å². The van der Waals surface area contributed by atoms with E-state index in [1.165, 1.54) is 6.26 Å². The number of halogens is 1. The van der Waals surface area contributed by atoms with Crippen LogP contribution in [0, 0.1) is 16.7 Å². The molecule has 0 radical (unpaired) electrons. The molecule has 0 bridgehead atoms. The third kappa shape index (κ3) is 2.62. The van der Waals surface area contributed by atoms with E-state index in [0.717, 1.165) is 10.0 Å². The number of ether oxygens (including phenoxy) is 1. The Morgan fingerprint density at radius 3 is 2.45 bits per heavy atom. The molecule has 1 aliphatic carbocycles. The molecule has 1 aromatic carbocycles. The molecule has 0 aliphatic heterocycles. The molecule has 20 heavy (non-hydrogen) atoms. The molecule has 0 unspecified atom stereocenters. The van der Waals surface area contributed by atoms with E-state index < -0.39 is 20.5 Å². The molecule has 4 nitrogen and oxygen atoms in total. The maximum atomic E-state index is 12.0. The van der Waals surface area contributed by atoms with Crippen molar-refractivity contribution in [3.63, 3.8) is 0 Å². The van der Waals surface area contributed by atoms with Gasteiger partial charge in [-0.3, -0.25) is 0 Å². The summed E-state index contributed by atoms with van der Waals surface area (Å²) >= 11 is 3.35. The summed E-state index contributed by atoms with van der Waals surface area (Å²) in [5, 5.41) is 8.81. The minimum atomic E-state index is -3.30. The second-order valence-electron chi connectivity index (χ2n) is 5.07. The molecular formula is C14H16BrNO3S. The molecule has 1 saturated carbocycles. The second-order valence-corrected chi connectivity index (χ2v) is 8.15. The monoisotopic (exact) mass is 357 g/mol. The summed E-state index contributed by atoms with van der Waals surface area (Å²) in [6.07, 6.45) is 1.19. The number of benzene rings is 1. The van der Waals surface area contributed by atoms with Crippen LogP contribution in [0.5, 0.6) is 0 Å². The van der Waals surface area contributed by atoms with Gasteiger partial charge in [0.05, 0.1) is 17.9 Å². The van der Waals surface area contributed by atoms with Gasteiger partial charge in [-0.2, -0.15) is 5.26 Å². The summed E-state index contributed by atoms with van der Waals surface area (Å²) < 4.78 is 30.2. The Bertz CT molecular complexity index is 635. The maximum absolute atomic E-state index is 12.0. The minimum Gasteiger partial charge on any atom is -0.380 e. The van der Waals surface area contributed by atoms with Crippen LogP contribution in [0.3, 0.4) is 0 Å². The summed E-state index contributed by atoms with van der Waals surface area (Å²) in [5.41, 5.74) is -0.0953. The zero-order chi connectivity index (χ0) is 15.0. The number of nitriles is 1. The fraction of sp³-hybridized carbons (Fsp3) is 0.500. The molecule has 0 heterocycles. The van der Waals surface area contributed by atoms with Crippen molar-refractivity contribution in [2.75, 3.05) is 19.5 Å². The molecule has 1 fully saturated rings. The molecule has 3 atom stereocenters. The molecule has 0 aromatic heterocycles. The van der Waals surface area contributed by atoms with Gasteiger partial charge in [0, 0.05) is 23.3 Å². The SMILES string of the molecule is CCOC[C@@]1(C#N)[C@H](S(C)(=O)=O)[C@@H]1c1ccc(Br)cc1. The average molecular weight is 358 g/mol. The van der Waals surface area contributed by atoms with Crippen LogP contribution >= 0.6 is 15.9 Å². The predicted molar refractivity (Wildman–Crippen MR) is 80.1 cm³/mol. The lowest BCUT2D eigenvalue weighted by atomic mass is 10.0. The van der Waals surface area contributed by atoms with Crippen LogP contribution in [0.25, 0.3) is 0 Å². The van der Waals surface area contributed by atoms with Crippen molar-refractivity contribution in [3.05, 3.63) is 34.3 Å². The van der Waals surface area contributed by atoms with Crippen LogP contribution in [0.4, 0.5) is 0 Å². The number of sulfone groups is 1. The van der Waals surface area contributed by atoms with Crippen LogP contribution in [-0.4, -0.2) is 33.1 Å². The van der Waals surface area contributed by atoms with Gasteiger partial charge in [0.15, 0.2) is 9.84 Å². The van der Waals surface area contributed by atoms with Crippen LogP contribution in [0.2, 0.25) is 0 Å². The van der Waals surface area contributed by atoms with Gasteiger partial charge in [-0.1, -0.05) is 28.1 Å². The average Bonchev–Trinajstić information content (AvgIpc) is 3.07. The highest BCUT2D eigenvalue weighted by molar-refractivity contribution is 9.10. The molecule has 1 aliphatic rings. The smallest absolute Gasteiger partial charge is 0.152 e. The molecule has 0 N–H and O–H groups in total. The van der Waals surface area contributed by atoms with Gasteiger partial charge >= 0.3 is 0 Å². The van der Waals surface area contributed by atoms with E-state index in [1.54, 1.807) is 0 Å². The van der Waals surface area contributed by atoms with Gasteiger partial charge in [-0.25, -0.2) is 8.42 Å². The topological polar surface area (TPSA) is 67.2 Å². The van der Waals surface area contributed by atoms with E-state index >= 15 is 0 Å². The lowest BCUT2D eigenvalue weighted by Crippen LogP contribution is -2.18. The highest BCUT2D eigenvalue weighted by atomic mass is 79.9. The summed E-state index contributed by atoms with van der Waals surface area (Å²) in [5.74, 6) is -0.317. The van der Waals surface area contributed by atoms with Gasteiger partial charge in [-0.05, 0) is 24.6 Å². The maximum Gasteiger partial charge on any atom is 0.152 e. The van der Waals surface area contributed by atoms with Crippen molar-refractivity contribution in [2.45, 2.75) is 18.1 Å². The van der Waals surface area contributed by atoms with Crippen molar-refractivity contribution in [3.8, 4) is 6.07 Å². The molecule has 6 heteroatoms. The summed E-state index contributed by atoms with van der Waals surface area (Å²) in [6.45, 7) is 2.45. The molecule has 1 aromatic rings. The van der Waals surface area contributed by atoms with Crippen LogP contribution in [0.15, 0.2) is 28.7 Å². The van der Waals surface area contributed by atoms with Crippen molar-refractivity contribution in [2.24, 2.45) is 5.41 Å². The van der Waals surface area contributed by atoms with Crippen LogP contribution in [0.1, 0.15) is 18.4 Å². The first kappa shape index (κ1) is 15.5. The van der Waals surface area contributed by atoms with E-state index in [0.29, 0.717) is 6.61 Å². The molecule has 2 rings (SSSR count). The Kier molecular flexibility index (Phi) is 4.24. The minimum absolute atomic E-state index is 0.151. The van der Waals surface area contributed by atoms with Gasteiger partial charge < -0.3 is 4.74 Å². The first-order valence-corrected chi connectivity index (χ1v) is 9.05. The number of hydrogen-bond acceptors (Lipinski definition) is 4. The molecular weight excluding hydrogens is 342 g/mol. The normalized spacial score (nSPS) is 28.9. The third-order valence-corrected chi connectivity index (χ3v) is 5.84. The molecule has 0 saturated heterocycles. The van der Waals surface area contributed by atoms with E-state index in [2.05, 4.69) is 22.0 Å². The lowest BCUT2D eigenvalue weighted by molar-refractivity contribution is 0.117. The van der Waals surface area contributed by atoms with Crippen LogP contribution in [-0.2, 0) is 14.6 Å². The second kappa shape index (κ2) is 5.47. The zero-order valence-electron chi connectivity index (χ0n) is 11.3. The Labute approximate surface area is 127 Å². The number of nitrogens with zero attached hydrogens (tertiary/aromatic N) is 1. The Morgan fingerprint density at radius 2 is 2.00 bits per heavy atom. The van der Waals surface area contributed by atoms with E-state index in [-0.39, 0.29) is 12.5 Å². The largest absolute Gasteiger partial charge is 0.380 e. The van der Waals surface area contributed by atoms with Crippen molar-refractivity contribution < 1.29 is 13.2 Å². The fourth-order valence-corrected chi connectivity index (χ4v) is 4.90. The lowest BCUT2D eigenvalue weighted by Gasteiger charge is -2.08. The van der Waals surface area contributed by atoms with Crippen molar-refractivity contribution >= 4 is 25.8 Å². The standard InChI is InChI=1S/C14H16BrNO3S/c1-3-19-9-14(8-16)12(13(14)20(2,17)18)10-4-6-11(15)7-5-10/h4-7,12-13H,3,9H2,1-2H3/t12-,13+,14+/m0/s1. The quantitative estimate of drug-likeness (QED) is 0.811.